The molecule has 0 fully saturated rings. The van der Waals surface area contributed by atoms with Crippen molar-refractivity contribution in [2.75, 3.05) is 7.05 Å². The van der Waals surface area contributed by atoms with Crippen molar-refractivity contribution in [3.63, 3.8) is 0 Å². The molecule has 1 atom stereocenters. The van der Waals surface area contributed by atoms with Crippen molar-refractivity contribution in [1.29, 1.82) is 0 Å². The van der Waals surface area contributed by atoms with Crippen molar-refractivity contribution in [3.05, 3.63) is 84.4 Å². The minimum absolute atomic E-state index is 0.0813. The number of nitrogens with zero attached hydrogens (tertiary/aromatic N) is 2. The van der Waals surface area contributed by atoms with Crippen LogP contribution in [-0.4, -0.2) is 17.0 Å². The molecule has 0 aliphatic carbocycles. The Morgan fingerprint density at radius 1 is 0.857 bits per heavy atom. The predicted molar refractivity (Wildman–Crippen MR) is 84.8 cm³/mol. The maximum Gasteiger partial charge on any atom is 0.115 e. The summed E-state index contributed by atoms with van der Waals surface area (Å²) in [7, 11) is 1.94. The standard InChI is InChI=1S/C18H17N3/c1-19-18(17-11-12-20-13-21-17)16-9-7-15(8-10-16)14-5-3-2-4-6-14/h2-13,18-19H,1H3. The molecule has 104 valence electrons. The first-order chi connectivity index (χ1) is 10.4. The zero-order valence-corrected chi connectivity index (χ0v) is 11.9. The molecule has 1 heterocycles. The number of aromatic nitrogens is 2. The van der Waals surface area contributed by atoms with E-state index in [1.807, 2.05) is 19.2 Å². The molecule has 0 bridgehead atoms. The second-order valence-corrected chi connectivity index (χ2v) is 4.84. The molecule has 0 saturated carbocycles. The molecule has 1 aromatic heterocycles. The van der Waals surface area contributed by atoms with Crippen LogP contribution in [0, 0.1) is 0 Å². The van der Waals surface area contributed by atoms with E-state index in [0.29, 0.717) is 0 Å². The lowest BCUT2D eigenvalue weighted by molar-refractivity contribution is 0.668. The van der Waals surface area contributed by atoms with Gasteiger partial charge in [-0.2, -0.15) is 0 Å². The minimum Gasteiger partial charge on any atom is -0.308 e. The van der Waals surface area contributed by atoms with E-state index in [1.54, 1.807) is 12.5 Å². The number of rotatable bonds is 4. The Morgan fingerprint density at radius 3 is 2.19 bits per heavy atom. The van der Waals surface area contributed by atoms with Gasteiger partial charge in [-0.15, -0.1) is 0 Å². The van der Waals surface area contributed by atoms with Gasteiger partial charge in [0.15, 0.2) is 0 Å². The van der Waals surface area contributed by atoms with E-state index in [2.05, 4.69) is 63.8 Å². The fourth-order valence-corrected chi connectivity index (χ4v) is 2.46. The predicted octanol–water partition coefficient (Wildman–Crippen LogP) is 3.45. The van der Waals surface area contributed by atoms with Crippen LogP contribution < -0.4 is 5.32 Å². The number of nitrogens with one attached hydrogen (secondary N) is 1. The Kier molecular flexibility index (Phi) is 4.03. The summed E-state index contributed by atoms with van der Waals surface area (Å²) in [5.74, 6) is 0. The molecule has 0 radical (unpaired) electrons. The van der Waals surface area contributed by atoms with Gasteiger partial charge in [0.2, 0.25) is 0 Å². The first kappa shape index (κ1) is 13.5. The van der Waals surface area contributed by atoms with E-state index in [0.717, 1.165) is 5.69 Å². The van der Waals surface area contributed by atoms with Gasteiger partial charge >= 0.3 is 0 Å². The van der Waals surface area contributed by atoms with Crippen LogP contribution in [0.15, 0.2) is 73.2 Å². The summed E-state index contributed by atoms with van der Waals surface area (Å²) in [5.41, 5.74) is 4.61. The van der Waals surface area contributed by atoms with Crippen molar-refractivity contribution < 1.29 is 0 Å². The lowest BCUT2D eigenvalue weighted by Gasteiger charge is -2.16. The van der Waals surface area contributed by atoms with Gasteiger partial charge in [0, 0.05) is 6.20 Å². The third kappa shape index (κ3) is 2.98. The molecule has 1 N–H and O–H groups in total. The van der Waals surface area contributed by atoms with Crippen molar-refractivity contribution in [2.24, 2.45) is 0 Å². The van der Waals surface area contributed by atoms with Gasteiger partial charge in [0.05, 0.1) is 11.7 Å². The van der Waals surface area contributed by atoms with E-state index in [9.17, 15) is 0 Å². The zero-order chi connectivity index (χ0) is 14.5. The van der Waals surface area contributed by atoms with Crippen LogP contribution in [0.5, 0.6) is 0 Å². The maximum absolute atomic E-state index is 4.33. The Balaban J connectivity index is 1.90. The minimum atomic E-state index is 0.0813. The van der Waals surface area contributed by atoms with Gasteiger partial charge in [-0.3, -0.25) is 0 Å². The zero-order valence-electron chi connectivity index (χ0n) is 11.9. The number of hydrogen-bond acceptors (Lipinski definition) is 3. The molecule has 0 saturated heterocycles. The quantitative estimate of drug-likeness (QED) is 0.792. The molecule has 3 heteroatoms. The third-order valence-corrected chi connectivity index (χ3v) is 3.54. The van der Waals surface area contributed by atoms with Crippen LogP contribution in [0.2, 0.25) is 0 Å². The molecule has 3 rings (SSSR count). The first-order valence-electron chi connectivity index (χ1n) is 6.97. The van der Waals surface area contributed by atoms with Crippen LogP contribution in [0.1, 0.15) is 17.3 Å². The number of hydrogen-bond donors (Lipinski definition) is 1. The molecule has 0 amide bonds. The van der Waals surface area contributed by atoms with Crippen LogP contribution in [0.4, 0.5) is 0 Å². The summed E-state index contributed by atoms with van der Waals surface area (Å²) in [6.45, 7) is 0. The Hall–Kier alpha value is -2.52. The van der Waals surface area contributed by atoms with Crippen LogP contribution >= 0.6 is 0 Å². The van der Waals surface area contributed by atoms with Gasteiger partial charge in [-0.1, -0.05) is 54.6 Å². The van der Waals surface area contributed by atoms with Gasteiger partial charge < -0.3 is 5.32 Å². The summed E-state index contributed by atoms with van der Waals surface area (Å²) in [6.07, 6.45) is 3.35. The average molecular weight is 275 g/mol. The molecule has 3 nitrogen and oxygen atoms in total. The van der Waals surface area contributed by atoms with Crippen molar-refractivity contribution >= 4 is 0 Å². The van der Waals surface area contributed by atoms with E-state index >= 15 is 0 Å². The highest BCUT2D eigenvalue weighted by atomic mass is 14.9. The smallest absolute Gasteiger partial charge is 0.115 e. The molecule has 1 unspecified atom stereocenters. The molecule has 2 aromatic carbocycles. The first-order valence-corrected chi connectivity index (χ1v) is 6.97. The van der Waals surface area contributed by atoms with E-state index in [4.69, 9.17) is 0 Å². The van der Waals surface area contributed by atoms with E-state index < -0.39 is 0 Å². The maximum atomic E-state index is 4.33. The van der Waals surface area contributed by atoms with Gasteiger partial charge in [-0.05, 0) is 29.8 Å². The van der Waals surface area contributed by atoms with Gasteiger partial charge in [0.25, 0.3) is 0 Å². The summed E-state index contributed by atoms with van der Waals surface area (Å²) in [5, 5.41) is 3.30. The highest BCUT2D eigenvalue weighted by molar-refractivity contribution is 5.63. The van der Waals surface area contributed by atoms with Crippen molar-refractivity contribution in [3.8, 4) is 11.1 Å². The second-order valence-electron chi connectivity index (χ2n) is 4.84. The Labute approximate surface area is 124 Å². The lowest BCUT2D eigenvalue weighted by Crippen LogP contribution is -2.18. The molecular weight excluding hydrogens is 258 g/mol. The Bertz CT molecular complexity index is 679. The topological polar surface area (TPSA) is 37.8 Å². The second kappa shape index (κ2) is 6.29. The highest BCUT2D eigenvalue weighted by Crippen LogP contribution is 2.24. The van der Waals surface area contributed by atoms with Gasteiger partial charge in [-0.25, -0.2) is 9.97 Å². The fourth-order valence-electron chi connectivity index (χ4n) is 2.46. The van der Waals surface area contributed by atoms with Crippen LogP contribution in [0.3, 0.4) is 0 Å². The summed E-state index contributed by atoms with van der Waals surface area (Å²) >= 11 is 0. The lowest BCUT2D eigenvalue weighted by atomic mass is 9.99. The highest BCUT2D eigenvalue weighted by Gasteiger charge is 2.12. The van der Waals surface area contributed by atoms with E-state index in [1.165, 1.54) is 16.7 Å². The molecule has 21 heavy (non-hydrogen) atoms. The fraction of sp³-hybridized carbons (Fsp3) is 0.111. The largest absolute Gasteiger partial charge is 0.308 e. The molecule has 0 aliphatic rings. The van der Waals surface area contributed by atoms with E-state index in [-0.39, 0.29) is 6.04 Å². The number of benzene rings is 2. The molecule has 0 spiro atoms. The average Bonchev–Trinajstić information content (AvgIpc) is 2.58. The van der Waals surface area contributed by atoms with Crippen LogP contribution in [-0.2, 0) is 0 Å². The third-order valence-electron chi connectivity index (χ3n) is 3.54. The SMILES string of the molecule is CNC(c1ccc(-c2ccccc2)cc1)c1ccncn1. The molecule has 3 aromatic rings. The summed E-state index contributed by atoms with van der Waals surface area (Å²) < 4.78 is 0. The van der Waals surface area contributed by atoms with Crippen molar-refractivity contribution in [1.82, 2.24) is 15.3 Å². The summed E-state index contributed by atoms with van der Waals surface area (Å²) in [6, 6.07) is 21.0. The van der Waals surface area contributed by atoms with Crippen LogP contribution in [0.25, 0.3) is 11.1 Å². The normalized spacial score (nSPS) is 12.0. The Morgan fingerprint density at radius 2 is 1.57 bits per heavy atom. The molecule has 0 aliphatic heterocycles. The van der Waals surface area contributed by atoms with Gasteiger partial charge in [0.1, 0.15) is 6.33 Å². The van der Waals surface area contributed by atoms with Crippen molar-refractivity contribution in [2.45, 2.75) is 6.04 Å². The summed E-state index contributed by atoms with van der Waals surface area (Å²) in [4.78, 5) is 8.30. The monoisotopic (exact) mass is 275 g/mol. The molecular formula is C18H17N3.